The van der Waals surface area contributed by atoms with Gasteiger partial charge in [-0.15, -0.1) is 11.3 Å². The fourth-order valence-electron chi connectivity index (χ4n) is 5.12. The van der Waals surface area contributed by atoms with E-state index in [1.807, 2.05) is 16.3 Å². The lowest BCUT2D eigenvalue weighted by Crippen LogP contribution is -2.63. The largest absolute Gasteiger partial charge is 0.481 e. The Kier molecular flexibility index (Phi) is 10.9. The summed E-state index contributed by atoms with van der Waals surface area (Å²) in [5.41, 5.74) is 1.20. The van der Waals surface area contributed by atoms with Crippen LogP contribution in [0.25, 0.3) is 0 Å². The summed E-state index contributed by atoms with van der Waals surface area (Å²) in [7, 11) is 0. The molecule has 0 spiro atoms. The molecule has 1 aromatic heterocycles. The van der Waals surface area contributed by atoms with E-state index < -0.39 is 11.4 Å². The van der Waals surface area contributed by atoms with E-state index in [1.54, 1.807) is 46.0 Å². The maximum Gasteiger partial charge on any atom is 0.337 e. The molecule has 0 radical (unpaired) electrons. The molecule has 4 heterocycles. The van der Waals surface area contributed by atoms with E-state index in [0.717, 1.165) is 48.4 Å². The molecule has 5 rings (SSSR count). The minimum atomic E-state index is -0.863. The number of carboxylic acids is 1. The first-order chi connectivity index (χ1) is 20.5. The Morgan fingerprint density at radius 2 is 2.02 bits per heavy atom. The number of carboxylic acid groups (broad SMARTS) is 1. The number of nitrogens with one attached hydrogen (secondary N) is 1. The number of halogens is 1. The molecule has 2 fully saturated rings. The van der Waals surface area contributed by atoms with Gasteiger partial charge in [0.05, 0.1) is 24.1 Å². The highest BCUT2D eigenvalue weighted by atomic mass is 32.1. The van der Waals surface area contributed by atoms with Gasteiger partial charge in [0.15, 0.2) is 16.0 Å². The van der Waals surface area contributed by atoms with Crippen LogP contribution in [-0.2, 0) is 14.3 Å². The molecule has 1 atom stereocenters. The molecule has 10 nitrogen and oxygen atoms in total. The number of nitrogens with zero attached hydrogens (tertiary/aromatic N) is 5. The summed E-state index contributed by atoms with van der Waals surface area (Å²) in [6, 6.07) is 6.95. The Morgan fingerprint density at radius 1 is 1.26 bits per heavy atom. The molecule has 3 aliphatic heterocycles. The average Bonchev–Trinajstić information content (AvgIpc) is 3.52. The average molecular weight is 631 g/mol. The summed E-state index contributed by atoms with van der Waals surface area (Å²) >= 11 is 7.26. The second kappa shape index (κ2) is 14.4. The van der Waals surface area contributed by atoms with E-state index >= 15 is 0 Å². The van der Waals surface area contributed by atoms with E-state index in [4.69, 9.17) is 17.0 Å². The fourth-order valence-corrected chi connectivity index (χ4v) is 6.12. The van der Waals surface area contributed by atoms with Gasteiger partial charge in [-0.1, -0.05) is 18.2 Å². The van der Waals surface area contributed by atoms with Gasteiger partial charge in [0.1, 0.15) is 5.82 Å². The number of carbonyl (C=O) groups is 2. The molecule has 0 saturated carbocycles. The van der Waals surface area contributed by atoms with Crippen molar-refractivity contribution in [3.05, 3.63) is 63.5 Å². The summed E-state index contributed by atoms with van der Waals surface area (Å²) in [4.78, 5) is 39.7. The van der Waals surface area contributed by atoms with Gasteiger partial charge in [-0.3, -0.25) is 14.7 Å². The number of benzene rings is 1. The highest BCUT2D eigenvalue weighted by Gasteiger charge is 2.39. The van der Waals surface area contributed by atoms with Crippen LogP contribution in [-0.4, -0.2) is 106 Å². The number of carbonyl (C=O) groups excluding carboxylic acids is 1. The van der Waals surface area contributed by atoms with Gasteiger partial charge < -0.3 is 25.0 Å². The van der Waals surface area contributed by atoms with Gasteiger partial charge >= 0.3 is 11.9 Å². The molecule has 2 saturated heterocycles. The van der Waals surface area contributed by atoms with Crippen LogP contribution in [0.2, 0.25) is 0 Å². The van der Waals surface area contributed by atoms with Crippen molar-refractivity contribution in [1.29, 1.82) is 0 Å². The Labute approximate surface area is 261 Å². The third kappa shape index (κ3) is 8.15. The van der Waals surface area contributed by atoms with Crippen molar-refractivity contribution in [3.63, 3.8) is 0 Å². The number of fused-ring (bicyclic) bond motifs is 1. The number of aromatic nitrogens is 1. The first kappa shape index (κ1) is 32.5. The van der Waals surface area contributed by atoms with Crippen molar-refractivity contribution in [2.45, 2.75) is 40.2 Å². The summed E-state index contributed by atoms with van der Waals surface area (Å²) < 4.78 is 17.6. The number of hydrogen-bond acceptors (Lipinski definition) is 9. The molecule has 0 amide bonds. The van der Waals surface area contributed by atoms with Gasteiger partial charge in [-0.05, 0) is 58.0 Å². The SMILES string of the molecule is CCOC(=O)C1=C(CN2CCN3C(=S)N(CC(C)(C)C(=O)O)CCC3C2)NC(c2nccs2)=NC1.Cc1ccccc1F. The standard InChI is InChI=1S/C23H32N6O4S2.C7H7F/c1-4-33-20(30)16-11-25-18(19-24-6-10-35-19)26-17(16)13-27-8-9-29-15(12-27)5-7-28(22(29)34)14-23(2,3)21(31)32;1-6-4-2-3-5-7(6)8/h6,10,15H,4-5,7-9,11-14H2,1-3H3,(H,25,26)(H,31,32);2-5H,1H3. The first-order valence-corrected chi connectivity index (χ1v) is 15.6. The zero-order chi connectivity index (χ0) is 31.1. The third-order valence-corrected chi connectivity index (χ3v) is 8.90. The minimum absolute atomic E-state index is 0.132. The van der Waals surface area contributed by atoms with Crippen LogP contribution in [0, 0.1) is 18.2 Å². The first-order valence-electron chi connectivity index (χ1n) is 14.3. The van der Waals surface area contributed by atoms with Crippen molar-refractivity contribution in [1.82, 2.24) is 25.0 Å². The Balaban J connectivity index is 0.000000458. The predicted octanol–water partition coefficient (Wildman–Crippen LogP) is 3.53. The molecule has 0 aliphatic carbocycles. The lowest BCUT2D eigenvalue weighted by atomic mass is 9.92. The van der Waals surface area contributed by atoms with E-state index in [9.17, 15) is 19.1 Å². The minimum Gasteiger partial charge on any atom is -0.481 e. The van der Waals surface area contributed by atoms with Crippen LogP contribution in [0.1, 0.15) is 37.8 Å². The van der Waals surface area contributed by atoms with E-state index in [0.29, 0.717) is 36.7 Å². The second-order valence-electron chi connectivity index (χ2n) is 11.3. The quantitative estimate of drug-likeness (QED) is 0.332. The number of ether oxygens (including phenoxy) is 1. The number of esters is 1. The van der Waals surface area contributed by atoms with Crippen molar-refractivity contribution >= 4 is 46.4 Å². The van der Waals surface area contributed by atoms with Crippen LogP contribution >= 0.6 is 23.6 Å². The van der Waals surface area contributed by atoms with Crippen molar-refractivity contribution < 1.29 is 23.8 Å². The second-order valence-corrected chi connectivity index (χ2v) is 12.6. The number of aryl methyl sites for hydroxylation is 1. The van der Waals surface area contributed by atoms with Gasteiger partial charge in [-0.25, -0.2) is 14.2 Å². The zero-order valence-corrected chi connectivity index (χ0v) is 26.6. The van der Waals surface area contributed by atoms with Crippen molar-refractivity contribution in [3.8, 4) is 0 Å². The summed E-state index contributed by atoms with van der Waals surface area (Å²) in [5.74, 6) is -0.616. The molecule has 3 aliphatic rings. The highest BCUT2D eigenvalue weighted by Crippen LogP contribution is 2.26. The molecule has 1 unspecified atom stereocenters. The number of thiocarbonyl (C=S) groups is 1. The number of amidine groups is 1. The molecular formula is C30H39FN6O4S2. The van der Waals surface area contributed by atoms with E-state index in [-0.39, 0.29) is 24.4 Å². The van der Waals surface area contributed by atoms with E-state index in [1.165, 1.54) is 17.4 Å². The zero-order valence-electron chi connectivity index (χ0n) is 25.0. The number of aliphatic carboxylic acids is 1. The summed E-state index contributed by atoms with van der Waals surface area (Å²) in [6.45, 7) is 11.6. The van der Waals surface area contributed by atoms with Gasteiger partial charge in [0, 0.05) is 62.6 Å². The van der Waals surface area contributed by atoms with Crippen LogP contribution in [0.3, 0.4) is 0 Å². The lowest BCUT2D eigenvalue weighted by Gasteiger charge is -2.50. The van der Waals surface area contributed by atoms with Crippen LogP contribution in [0.5, 0.6) is 0 Å². The normalized spacial score (nSPS) is 19.1. The molecule has 2 aromatic rings. The topological polar surface area (TPSA) is 111 Å². The molecule has 13 heteroatoms. The Hall–Kier alpha value is -3.42. The predicted molar refractivity (Wildman–Crippen MR) is 169 cm³/mol. The number of thiazole rings is 1. The van der Waals surface area contributed by atoms with Gasteiger partial charge in [-0.2, -0.15) is 0 Å². The maximum absolute atomic E-state index is 12.6. The number of aliphatic imine (C=N–C) groups is 1. The molecule has 43 heavy (non-hydrogen) atoms. The number of hydrogen-bond donors (Lipinski definition) is 2. The molecule has 1 aromatic carbocycles. The molecular weight excluding hydrogens is 592 g/mol. The lowest BCUT2D eigenvalue weighted by molar-refractivity contribution is -0.147. The number of piperazine rings is 1. The molecule has 0 bridgehead atoms. The third-order valence-electron chi connectivity index (χ3n) is 7.62. The van der Waals surface area contributed by atoms with Gasteiger partial charge in [0.25, 0.3) is 0 Å². The fraction of sp³-hybridized carbons (Fsp3) is 0.500. The molecule has 2 N–H and O–H groups in total. The smallest absolute Gasteiger partial charge is 0.337 e. The highest BCUT2D eigenvalue weighted by molar-refractivity contribution is 7.80. The number of rotatable bonds is 8. The van der Waals surface area contributed by atoms with Crippen LogP contribution in [0.15, 0.2) is 52.1 Å². The Morgan fingerprint density at radius 3 is 2.65 bits per heavy atom. The Bertz CT molecular complexity index is 1360. The van der Waals surface area contributed by atoms with E-state index in [2.05, 4.69) is 25.1 Å². The van der Waals surface area contributed by atoms with Crippen molar-refractivity contribution in [2.75, 3.05) is 52.4 Å². The van der Waals surface area contributed by atoms with Gasteiger partial charge in [0.2, 0.25) is 0 Å². The summed E-state index contributed by atoms with van der Waals surface area (Å²) in [6.07, 6.45) is 2.63. The maximum atomic E-state index is 12.6. The van der Waals surface area contributed by atoms with Crippen LogP contribution in [0.4, 0.5) is 4.39 Å². The molecule has 232 valence electrons. The monoisotopic (exact) mass is 630 g/mol. The van der Waals surface area contributed by atoms with Crippen molar-refractivity contribution in [2.24, 2.45) is 10.4 Å². The van der Waals surface area contributed by atoms with Crippen LogP contribution < -0.4 is 5.32 Å². The summed E-state index contributed by atoms with van der Waals surface area (Å²) in [5, 5.41) is 16.3.